The van der Waals surface area contributed by atoms with E-state index in [1.54, 1.807) is 0 Å². The fourth-order valence-electron chi connectivity index (χ4n) is 3.75. The zero-order chi connectivity index (χ0) is 20.2. The van der Waals surface area contributed by atoms with E-state index in [2.05, 4.69) is 24.4 Å². The molecule has 0 saturated carbocycles. The second-order valence-corrected chi connectivity index (χ2v) is 8.70. The molecule has 29 heavy (non-hydrogen) atoms. The van der Waals surface area contributed by atoms with Gasteiger partial charge >= 0.3 is 0 Å². The van der Waals surface area contributed by atoms with Crippen molar-refractivity contribution in [2.24, 2.45) is 5.92 Å². The minimum atomic E-state index is -0.0296. The zero-order valence-electron chi connectivity index (χ0n) is 16.4. The summed E-state index contributed by atoms with van der Waals surface area (Å²) in [5.41, 5.74) is 3.75. The normalized spacial score (nSPS) is 15.5. The van der Waals surface area contributed by atoms with Gasteiger partial charge in [0.15, 0.2) is 0 Å². The molecular formula is C24H23N3OS. The van der Waals surface area contributed by atoms with Crippen LogP contribution in [0.25, 0.3) is 10.8 Å². The number of pyridine rings is 1. The van der Waals surface area contributed by atoms with Crippen LogP contribution in [-0.4, -0.2) is 16.6 Å². The van der Waals surface area contributed by atoms with Gasteiger partial charge in [-0.2, -0.15) is 5.26 Å². The van der Waals surface area contributed by atoms with Gasteiger partial charge in [-0.1, -0.05) is 37.3 Å². The fourth-order valence-corrected chi connectivity index (χ4v) is 4.66. The number of aromatic nitrogens is 1. The third-order valence-corrected chi connectivity index (χ3v) is 6.31. The molecule has 4 nitrogen and oxygen atoms in total. The summed E-state index contributed by atoms with van der Waals surface area (Å²) in [7, 11) is 0. The smallest absolute Gasteiger partial charge is 0.225 e. The van der Waals surface area contributed by atoms with Gasteiger partial charge in [0.05, 0.1) is 5.56 Å². The number of nitriles is 1. The number of thioether (sulfide) groups is 1. The Morgan fingerprint density at radius 1 is 1.24 bits per heavy atom. The summed E-state index contributed by atoms with van der Waals surface area (Å²) in [5, 5.41) is 15.5. The lowest BCUT2D eigenvalue weighted by molar-refractivity contribution is -0.115. The molecular weight excluding hydrogens is 378 g/mol. The SMILES string of the molecule is CC1CCc2nc(SCCC(=O)Nc3ccc4ccccc4c3)c(C#N)cc2C1. The van der Waals surface area contributed by atoms with E-state index in [0.29, 0.717) is 23.7 Å². The van der Waals surface area contributed by atoms with Gasteiger partial charge in [0, 0.05) is 23.6 Å². The van der Waals surface area contributed by atoms with Gasteiger partial charge in [-0.05, 0) is 59.7 Å². The second-order valence-electron chi connectivity index (χ2n) is 7.62. The topological polar surface area (TPSA) is 65.8 Å². The Morgan fingerprint density at radius 3 is 2.90 bits per heavy atom. The molecule has 1 aliphatic carbocycles. The maximum absolute atomic E-state index is 12.4. The van der Waals surface area contributed by atoms with Gasteiger partial charge in [-0.3, -0.25) is 4.79 Å². The predicted octanol–water partition coefficient (Wildman–Crippen LogP) is 5.35. The average molecular weight is 402 g/mol. The maximum Gasteiger partial charge on any atom is 0.225 e. The van der Waals surface area contributed by atoms with E-state index >= 15 is 0 Å². The molecule has 4 rings (SSSR count). The van der Waals surface area contributed by atoms with Crippen LogP contribution in [-0.2, 0) is 17.6 Å². The third kappa shape index (κ3) is 4.60. The highest BCUT2D eigenvalue weighted by Crippen LogP contribution is 2.29. The van der Waals surface area contributed by atoms with E-state index in [1.165, 1.54) is 17.3 Å². The Balaban J connectivity index is 1.37. The van der Waals surface area contributed by atoms with Crippen LogP contribution in [0.4, 0.5) is 5.69 Å². The van der Waals surface area contributed by atoms with E-state index in [4.69, 9.17) is 4.98 Å². The van der Waals surface area contributed by atoms with Crippen LogP contribution in [0.1, 0.15) is 36.6 Å². The molecule has 5 heteroatoms. The molecule has 1 unspecified atom stereocenters. The number of nitrogens with zero attached hydrogens (tertiary/aromatic N) is 2. The third-order valence-electron chi connectivity index (χ3n) is 5.32. The summed E-state index contributed by atoms with van der Waals surface area (Å²) >= 11 is 1.49. The number of fused-ring (bicyclic) bond motifs is 2. The molecule has 0 saturated heterocycles. The Hall–Kier alpha value is -2.84. The Labute approximate surface area is 175 Å². The number of carbonyl (C=O) groups excluding carboxylic acids is 1. The van der Waals surface area contributed by atoms with Crippen molar-refractivity contribution in [1.82, 2.24) is 4.98 Å². The summed E-state index contributed by atoms with van der Waals surface area (Å²) in [5.74, 6) is 1.21. The van der Waals surface area contributed by atoms with Crippen LogP contribution in [0, 0.1) is 17.2 Å². The van der Waals surface area contributed by atoms with Crippen molar-refractivity contribution in [3.63, 3.8) is 0 Å². The highest BCUT2D eigenvalue weighted by atomic mass is 32.2. The molecule has 1 N–H and O–H groups in total. The molecule has 0 spiro atoms. The molecule has 3 aromatic rings. The monoisotopic (exact) mass is 401 g/mol. The van der Waals surface area contributed by atoms with E-state index in [-0.39, 0.29) is 5.91 Å². The van der Waals surface area contributed by atoms with Crippen molar-refractivity contribution in [2.45, 2.75) is 37.6 Å². The molecule has 0 aliphatic heterocycles. The van der Waals surface area contributed by atoms with Gasteiger partial charge in [-0.25, -0.2) is 4.98 Å². The molecule has 1 aliphatic rings. The lowest BCUT2D eigenvalue weighted by Gasteiger charge is -2.21. The average Bonchev–Trinajstić information content (AvgIpc) is 2.73. The van der Waals surface area contributed by atoms with Gasteiger partial charge in [0.2, 0.25) is 5.91 Å². The van der Waals surface area contributed by atoms with Crippen molar-refractivity contribution < 1.29 is 4.79 Å². The number of amides is 1. The summed E-state index contributed by atoms with van der Waals surface area (Å²) < 4.78 is 0. The van der Waals surface area contributed by atoms with Gasteiger partial charge in [0.1, 0.15) is 11.1 Å². The van der Waals surface area contributed by atoms with Crippen LogP contribution < -0.4 is 5.32 Å². The molecule has 1 aromatic heterocycles. The van der Waals surface area contributed by atoms with Crippen molar-refractivity contribution in [3.8, 4) is 6.07 Å². The number of anilines is 1. The van der Waals surface area contributed by atoms with Gasteiger partial charge < -0.3 is 5.32 Å². The van der Waals surface area contributed by atoms with E-state index in [0.717, 1.165) is 46.4 Å². The van der Waals surface area contributed by atoms with E-state index < -0.39 is 0 Å². The number of nitrogens with one attached hydrogen (secondary N) is 1. The lowest BCUT2D eigenvalue weighted by atomic mass is 9.87. The highest BCUT2D eigenvalue weighted by Gasteiger charge is 2.19. The number of carbonyl (C=O) groups is 1. The van der Waals surface area contributed by atoms with Crippen LogP contribution in [0.2, 0.25) is 0 Å². The Morgan fingerprint density at radius 2 is 2.07 bits per heavy atom. The molecule has 1 atom stereocenters. The van der Waals surface area contributed by atoms with E-state index in [1.807, 2.05) is 42.5 Å². The first kappa shape index (κ1) is 19.5. The molecule has 2 aromatic carbocycles. The zero-order valence-corrected chi connectivity index (χ0v) is 17.3. The minimum Gasteiger partial charge on any atom is -0.326 e. The second kappa shape index (κ2) is 8.67. The molecule has 146 valence electrons. The molecule has 0 bridgehead atoms. The van der Waals surface area contributed by atoms with Crippen LogP contribution in [0.5, 0.6) is 0 Å². The maximum atomic E-state index is 12.4. The van der Waals surface area contributed by atoms with Crippen molar-refractivity contribution in [2.75, 3.05) is 11.1 Å². The fraction of sp³-hybridized carbons (Fsp3) is 0.292. The summed E-state index contributed by atoms with van der Waals surface area (Å²) in [6.45, 7) is 2.24. The first-order valence-electron chi connectivity index (χ1n) is 9.96. The van der Waals surface area contributed by atoms with Crippen molar-refractivity contribution in [3.05, 3.63) is 65.4 Å². The molecule has 1 heterocycles. The van der Waals surface area contributed by atoms with Crippen LogP contribution >= 0.6 is 11.8 Å². The van der Waals surface area contributed by atoms with Gasteiger partial charge in [0.25, 0.3) is 0 Å². The van der Waals surface area contributed by atoms with Crippen LogP contribution in [0.3, 0.4) is 0 Å². The highest BCUT2D eigenvalue weighted by molar-refractivity contribution is 7.99. The first-order valence-corrected chi connectivity index (χ1v) is 11.0. The lowest BCUT2D eigenvalue weighted by Crippen LogP contribution is -2.14. The van der Waals surface area contributed by atoms with Crippen LogP contribution in [0.15, 0.2) is 53.6 Å². The number of rotatable bonds is 5. The predicted molar refractivity (Wildman–Crippen MR) is 118 cm³/mol. The van der Waals surface area contributed by atoms with Crippen molar-refractivity contribution in [1.29, 1.82) is 5.26 Å². The number of hydrogen-bond acceptors (Lipinski definition) is 4. The molecule has 0 fully saturated rings. The van der Waals surface area contributed by atoms with Gasteiger partial charge in [-0.15, -0.1) is 11.8 Å². The quantitative estimate of drug-likeness (QED) is 0.585. The number of hydrogen-bond donors (Lipinski definition) is 1. The van der Waals surface area contributed by atoms with Crippen molar-refractivity contribution >= 4 is 34.1 Å². The summed E-state index contributed by atoms with van der Waals surface area (Å²) in [6, 6.07) is 18.3. The first-order chi connectivity index (χ1) is 14.1. The molecule has 1 amide bonds. The standard InChI is InChI=1S/C24H23N3OS/c1-16-6-9-22-19(12-16)13-20(15-25)24(27-22)29-11-10-23(28)26-21-8-7-17-4-2-3-5-18(17)14-21/h2-5,7-8,13-14,16H,6,9-12H2,1H3,(H,26,28). The Bertz CT molecular complexity index is 1100. The molecule has 0 radical (unpaired) electrons. The summed E-state index contributed by atoms with van der Waals surface area (Å²) in [6.07, 6.45) is 3.48. The summed E-state index contributed by atoms with van der Waals surface area (Å²) in [4.78, 5) is 17.1. The van der Waals surface area contributed by atoms with E-state index in [9.17, 15) is 10.1 Å². The number of aryl methyl sites for hydroxylation is 1. The largest absolute Gasteiger partial charge is 0.326 e. The number of benzene rings is 2. The minimum absolute atomic E-state index is 0.0296. The Kier molecular flexibility index (Phi) is 5.82.